The summed E-state index contributed by atoms with van der Waals surface area (Å²) in [7, 11) is 0. The summed E-state index contributed by atoms with van der Waals surface area (Å²) in [5.41, 5.74) is -1.64. The van der Waals surface area contributed by atoms with Crippen molar-refractivity contribution in [2.24, 2.45) is 0 Å². The Labute approximate surface area is 177 Å². The van der Waals surface area contributed by atoms with Crippen molar-refractivity contribution in [2.45, 2.75) is 12.7 Å². The molecular formula is C18H11Cl2F4N5O. The Balaban J connectivity index is 1.84. The highest BCUT2D eigenvalue weighted by molar-refractivity contribution is 6.35. The van der Waals surface area contributed by atoms with E-state index in [1.54, 1.807) is 0 Å². The van der Waals surface area contributed by atoms with Crippen molar-refractivity contribution < 1.29 is 22.4 Å². The fourth-order valence-corrected chi connectivity index (χ4v) is 2.94. The van der Waals surface area contributed by atoms with Gasteiger partial charge in [0.1, 0.15) is 0 Å². The van der Waals surface area contributed by atoms with Gasteiger partial charge in [-0.1, -0.05) is 23.2 Å². The van der Waals surface area contributed by atoms with E-state index in [-0.39, 0.29) is 22.3 Å². The fraction of sp³-hybridized carbons (Fsp3) is 0.111. The molecule has 0 saturated heterocycles. The molecule has 0 atom stereocenters. The molecule has 30 heavy (non-hydrogen) atoms. The maximum atomic E-state index is 13.5. The SMILES string of the molecule is O=C(NCc1ccnc(F)c1)c1cnc(Nc2cc(Cl)cc(Cl)c2)nc1C(F)(F)F. The summed E-state index contributed by atoms with van der Waals surface area (Å²) in [4.78, 5) is 22.8. The Morgan fingerprint density at radius 2 is 1.77 bits per heavy atom. The number of anilines is 2. The first-order chi connectivity index (χ1) is 14.1. The predicted octanol–water partition coefficient (Wildman–Crippen LogP) is 5.01. The van der Waals surface area contributed by atoms with E-state index in [0.717, 1.165) is 12.3 Å². The van der Waals surface area contributed by atoms with Crippen LogP contribution in [0.15, 0.2) is 42.7 Å². The van der Waals surface area contributed by atoms with Crippen molar-refractivity contribution in [2.75, 3.05) is 5.32 Å². The molecule has 0 aliphatic heterocycles. The van der Waals surface area contributed by atoms with Crippen LogP contribution in [0.2, 0.25) is 10.0 Å². The lowest BCUT2D eigenvalue weighted by atomic mass is 10.2. The summed E-state index contributed by atoms with van der Waals surface area (Å²) in [5.74, 6) is -2.26. The molecule has 1 amide bonds. The van der Waals surface area contributed by atoms with Gasteiger partial charge in [0.25, 0.3) is 5.91 Å². The highest BCUT2D eigenvalue weighted by atomic mass is 35.5. The molecule has 0 bridgehead atoms. The molecule has 2 heterocycles. The molecule has 2 N–H and O–H groups in total. The summed E-state index contributed by atoms with van der Waals surface area (Å²) >= 11 is 11.7. The van der Waals surface area contributed by atoms with Crippen molar-refractivity contribution in [3.63, 3.8) is 0 Å². The molecule has 0 spiro atoms. The average molecular weight is 460 g/mol. The second-order valence-corrected chi connectivity index (χ2v) is 6.78. The van der Waals surface area contributed by atoms with E-state index < -0.39 is 35.2 Å². The summed E-state index contributed by atoms with van der Waals surface area (Å²) in [6.45, 7) is -0.212. The van der Waals surface area contributed by atoms with Crippen LogP contribution in [0, 0.1) is 5.95 Å². The van der Waals surface area contributed by atoms with Gasteiger partial charge in [-0.25, -0.2) is 15.0 Å². The second-order valence-electron chi connectivity index (χ2n) is 5.91. The summed E-state index contributed by atoms with van der Waals surface area (Å²) in [5, 5.41) is 5.34. The third-order valence-corrected chi connectivity index (χ3v) is 4.10. The van der Waals surface area contributed by atoms with Crippen LogP contribution >= 0.6 is 23.2 Å². The second kappa shape index (κ2) is 8.80. The molecule has 2 aromatic heterocycles. The first kappa shape index (κ1) is 21.7. The number of hydrogen-bond acceptors (Lipinski definition) is 5. The molecule has 156 valence electrons. The van der Waals surface area contributed by atoms with E-state index in [0.29, 0.717) is 5.56 Å². The Morgan fingerprint density at radius 3 is 2.40 bits per heavy atom. The van der Waals surface area contributed by atoms with Gasteiger partial charge < -0.3 is 10.6 Å². The topological polar surface area (TPSA) is 79.8 Å². The number of halogens is 6. The third-order valence-electron chi connectivity index (χ3n) is 3.66. The van der Waals surface area contributed by atoms with Crippen LogP contribution in [-0.2, 0) is 12.7 Å². The molecule has 0 unspecified atom stereocenters. The van der Waals surface area contributed by atoms with Crippen molar-refractivity contribution in [1.82, 2.24) is 20.3 Å². The van der Waals surface area contributed by atoms with Gasteiger partial charge in [-0.15, -0.1) is 0 Å². The largest absolute Gasteiger partial charge is 0.434 e. The number of amides is 1. The molecule has 0 aliphatic rings. The summed E-state index contributed by atoms with van der Waals surface area (Å²) in [6.07, 6.45) is -3.02. The predicted molar refractivity (Wildman–Crippen MR) is 102 cm³/mol. The highest BCUT2D eigenvalue weighted by Gasteiger charge is 2.38. The number of rotatable bonds is 5. The van der Waals surface area contributed by atoms with E-state index in [9.17, 15) is 22.4 Å². The van der Waals surface area contributed by atoms with Crippen LogP contribution in [0.25, 0.3) is 0 Å². The zero-order valence-electron chi connectivity index (χ0n) is 14.8. The van der Waals surface area contributed by atoms with Crippen LogP contribution in [0.3, 0.4) is 0 Å². The zero-order valence-corrected chi connectivity index (χ0v) is 16.3. The molecule has 6 nitrogen and oxygen atoms in total. The average Bonchev–Trinajstić information content (AvgIpc) is 2.64. The van der Waals surface area contributed by atoms with Crippen molar-refractivity contribution in [3.8, 4) is 0 Å². The first-order valence-corrected chi connectivity index (χ1v) is 8.93. The van der Waals surface area contributed by atoms with Crippen LogP contribution in [-0.4, -0.2) is 20.9 Å². The zero-order chi connectivity index (χ0) is 21.9. The molecule has 0 aliphatic carbocycles. The number of pyridine rings is 1. The van der Waals surface area contributed by atoms with E-state index in [1.807, 2.05) is 0 Å². The van der Waals surface area contributed by atoms with E-state index >= 15 is 0 Å². The van der Waals surface area contributed by atoms with E-state index in [2.05, 4.69) is 25.6 Å². The van der Waals surface area contributed by atoms with Crippen LogP contribution in [0.5, 0.6) is 0 Å². The van der Waals surface area contributed by atoms with Crippen LogP contribution < -0.4 is 10.6 Å². The Bertz CT molecular complexity index is 1070. The lowest BCUT2D eigenvalue weighted by molar-refractivity contribution is -0.141. The van der Waals surface area contributed by atoms with E-state index in [4.69, 9.17) is 23.2 Å². The molecule has 0 saturated carbocycles. The standard InChI is InChI=1S/C18H11Cl2F4N5O/c19-10-4-11(20)6-12(5-10)28-17-27-8-13(15(29-17)18(22,23)24)16(30)26-7-9-1-2-25-14(21)3-9/h1-6,8H,7H2,(H,26,30)(H,27,28,29). The quantitative estimate of drug-likeness (QED) is 0.414. The molecular weight excluding hydrogens is 449 g/mol. The highest BCUT2D eigenvalue weighted by Crippen LogP contribution is 2.32. The molecule has 12 heteroatoms. The van der Waals surface area contributed by atoms with Gasteiger partial charge in [-0.2, -0.15) is 17.6 Å². The number of nitrogens with zero attached hydrogens (tertiary/aromatic N) is 3. The Morgan fingerprint density at radius 1 is 1.07 bits per heavy atom. The smallest absolute Gasteiger partial charge is 0.348 e. The number of benzene rings is 1. The monoisotopic (exact) mass is 459 g/mol. The maximum Gasteiger partial charge on any atom is 0.434 e. The number of hydrogen-bond donors (Lipinski definition) is 2. The number of carbonyl (C=O) groups is 1. The normalized spacial score (nSPS) is 11.3. The van der Waals surface area contributed by atoms with Crippen molar-refractivity contribution in [3.05, 3.63) is 75.5 Å². The van der Waals surface area contributed by atoms with Crippen molar-refractivity contribution >= 4 is 40.7 Å². The molecule has 1 aromatic carbocycles. The van der Waals surface area contributed by atoms with Crippen LogP contribution in [0.4, 0.5) is 29.2 Å². The van der Waals surface area contributed by atoms with E-state index in [1.165, 1.54) is 30.5 Å². The van der Waals surface area contributed by atoms with Gasteiger partial charge in [0.2, 0.25) is 11.9 Å². The third kappa shape index (κ3) is 5.55. The van der Waals surface area contributed by atoms with Gasteiger partial charge in [-0.3, -0.25) is 4.79 Å². The Kier molecular flexibility index (Phi) is 6.37. The van der Waals surface area contributed by atoms with Gasteiger partial charge in [-0.05, 0) is 35.9 Å². The maximum absolute atomic E-state index is 13.5. The number of aromatic nitrogens is 3. The van der Waals surface area contributed by atoms with Gasteiger partial charge >= 0.3 is 6.18 Å². The molecule has 0 fully saturated rings. The lowest BCUT2D eigenvalue weighted by Crippen LogP contribution is -2.27. The fourth-order valence-electron chi connectivity index (χ4n) is 2.41. The lowest BCUT2D eigenvalue weighted by Gasteiger charge is -2.14. The number of alkyl halides is 3. The Hall–Kier alpha value is -2.98. The van der Waals surface area contributed by atoms with Gasteiger partial charge in [0.05, 0.1) is 5.56 Å². The number of carbonyl (C=O) groups excluding carboxylic acids is 1. The first-order valence-electron chi connectivity index (χ1n) is 8.18. The molecule has 3 aromatic rings. The summed E-state index contributed by atoms with van der Waals surface area (Å²) in [6, 6.07) is 6.73. The minimum Gasteiger partial charge on any atom is -0.348 e. The minimum absolute atomic E-state index is 0.212. The van der Waals surface area contributed by atoms with Crippen molar-refractivity contribution in [1.29, 1.82) is 0 Å². The summed E-state index contributed by atoms with van der Waals surface area (Å²) < 4.78 is 53.5. The van der Waals surface area contributed by atoms with Gasteiger partial charge in [0, 0.05) is 34.7 Å². The number of nitrogens with one attached hydrogen (secondary N) is 2. The minimum atomic E-state index is -4.93. The molecule has 3 rings (SSSR count). The van der Waals surface area contributed by atoms with Gasteiger partial charge in [0.15, 0.2) is 5.69 Å². The molecule has 0 radical (unpaired) electrons. The van der Waals surface area contributed by atoms with Crippen LogP contribution in [0.1, 0.15) is 21.6 Å².